The van der Waals surface area contributed by atoms with Gasteiger partial charge in [-0.3, -0.25) is 14.5 Å². The number of hydrogen-bond donors (Lipinski definition) is 1. The molecule has 0 radical (unpaired) electrons. The van der Waals surface area contributed by atoms with E-state index < -0.39 is 17.6 Å². The quantitative estimate of drug-likeness (QED) is 0.624. The van der Waals surface area contributed by atoms with Crippen LogP contribution in [0.25, 0.3) is 5.57 Å². The van der Waals surface area contributed by atoms with Crippen LogP contribution in [-0.2, 0) is 16.1 Å². The Bertz CT molecular complexity index is 1170. The third-order valence-electron chi connectivity index (χ3n) is 5.16. The second-order valence-electron chi connectivity index (χ2n) is 7.35. The molecule has 1 heterocycles. The van der Waals surface area contributed by atoms with Gasteiger partial charge in [-0.1, -0.05) is 66.2 Å². The lowest BCUT2D eigenvalue weighted by atomic mass is 10.0. The van der Waals surface area contributed by atoms with Crippen molar-refractivity contribution in [3.8, 4) is 0 Å². The molecule has 4 nitrogen and oxygen atoms in total. The zero-order chi connectivity index (χ0) is 21.3. The second-order valence-corrected chi connectivity index (χ2v) is 7.35. The predicted octanol–water partition coefficient (Wildman–Crippen LogP) is 4.83. The van der Waals surface area contributed by atoms with Crippen molar-refractivity contribution in [3.05, 3.63) is 107 Å². The predicted molar refractivity (Wildman–Crippen MR) is 115 cm³/mol. The largest absolute Gasteiger partial charge is 0.350 e. The van der Waals surface area contributed by atoms with Gasteiger partial charge in [0.25, 0.3) is 11.8 Å². The Hall–Kier alpha value is -3.73. The van der Waals surface area contributed by atoms with Crippen molar-refractivity contribution in [1.29, 1.82) is 0 Å². The van der Waals surface area contributed by atoms with E-state index in [0.29, 0.717) is 11.1 Å². The highest BCUT2D eigenvalue weighted by Gasteiger charge is 2.39. The minimum atomic E-state index is -0.470. The number of carbonyl (C=O) groups is 2. The first-order valence-corrected chi connectivity index (χ1v) is 9.69. The summed E-state index contributed by atoms with van der Waals surface area (Å²) in [5.74, 6) is -1.36. The van der Waals surface area contributed by atoms with Crippen LogP contribution >= 0.6 is 0 Å². The van der Waals surface area contributed by atoms with E-state index in [1.165, 1.54) is 6.07 Å². The van der Waals surface area contributed by atoms with E-state index in [0.717, 1.165) is 21.7 Å². The molecule has 0 bridgehead atoms. The molecule has 0 spiro atoms. The van der Waals surface area contributed by atoms with Gasteiger partial charge in [0, 0.05) is 11.3 Å². The van der Waals surface area contributed by atoms with E-state index in [2.05, 4.69) is 5.32 Å². The summed E-state index contributed by atoms with van der Waals surface area (Å²) >= 11 is 0. The van der Waals surface area contributed by atoms with E-state index in [4.69, 9.17) is 0 Å². The van der Waals surface area contributed by atoms with Crippen molar-refractivity contribution < 1.29 is 14.0 Å². The van der Waals surface area contributed by atoms with Crippen molar-refractivity contribution in [1.82, 2.24) is 4.90 Å². The van der Waals surface area contributed by atoms with E-state index >= 15 is 0 Å². The SMILES string of the molecule is Cc1ccc(NC2=C(c3ccccc3)C(=O)N(Cc3ccccc3F)C2=O)c(C)c1. The lowest BCUT2D eigenvalue weighted by molar-refractivity contribution is -0.137. The van der Waals surface area contributed by atoms with Gasteiger partial charge in [0.1, 0.15) is 11.5 Å². The number of hydrogen-bond acceptors (Lipinski definition) is 3. The van der Waals surface area contributed by atoms with Gasteiger partial charge in [-0.25, -0.2) is 4.39 Å². The summed E-state index contributed by atoms with van der Waals surface area (Å²) in [7, 11) is 0. The van der Waals surface area contributed by atoms with Crippen LogP contribution in [0.4, 0.5) is 10.1 Å². The molecule has 3 aromatic rings. The fourth-order valence-electron chi connectivity index (χ4n) is 3.59. The summed E-state index contributed by atoms with van der Waals surface area (Å²) in [5.41, 5.74) is 4.23. The van der Waals surface area contributed by atoms with Crippen molar-refractivity contribution in [2.75, 3.05) is 5.32 Å². The van der Waals surface area contributed by atoms with Crippen LogP contribution in [0, 0.1) is 19.7 Å². The smallest absolute Gasteiger partial charge is 0.278 e. The van der Waals surface area contributed by atoms with Crippen LogP contribution in [0.1, 0.15) is 22.3 Å². The molecular formula is C25H21FN2O2. The molecule has 30 heavy (non-hydrogen) atoms. The van der Waals surface area contributed by atoms with Crippen molar-refractivity contribution >= 4 is 23.1 Å². The first-order valence-electron chi connectivity index (χ1n) is 9.69. The van der Waals surface area contributed by atoms with Gasteiger partial charge < -0.3 is 5.32 Å². The van der Waals surface area contributed by atoms with Gasteiger partial charge in [-0.2, -0.15) is 0 Å². The van der Waals surface area contributed by atoms with Crippen LogP contribution in [-0.4, -0.2) is 16.7 Å². The monoisotopic (exact) mass is 400 g/mol. The second kappa shape index (κ2) is 7.95. The molecule has 4 rings (SSSR count). The molecule has 3 aromatic carbocycles. The minimum Gasteiger partial charge on any atom is -0.350 e. The fraction of sp³-hybridized carbons (Fsp3) is 0.120. The Morgan fingerprint density at radius 1 is 0.867 bits per heavy atom. The lowest BCUT2D eigenvalue weighted by Crippen LogP contribution is -2.32. The Morgan fingerprint density at radius 2 is 1.57 bits per heavy atom. The number of benzene rings is 3. The Kier molecular flexibility index (Phi) is 5.19. The maximum absolute atomic E-state index is 14.2. The number of rotatable bonds is 5. The molecule has 0 unspecified atom stereocenters. The third-order valence-corrected chi connectivity index (χ3v) is 5.16. The highest BCUT2D eigenvalue weighted by molar-refractivity contribution is 6.36. The molecule has 5 heteroatoms. The first kappa shape index (κ1) is 19.6. The van der Waals surface area contributed by atoms with Crippen molar-refractivity contribution in [2.45, 2.75) is 20.4 Å². The van der Waals surface area contributed by atoms with Gasteiger partial charge in [0.15, 0.2) is 0 Å². The highest BCUT2D eigenvalue weighted by Crippen LogP contribution is 2.32. The number of nitrogens with one attached hydrogen (secondary N) is 1. The molecule has 0 saturated heterocycles. The number of halogens is 1. The number of imide groups is 1. The molecule has 0 aliphatic carbocycles. The van der Waals surface area contributed by atoms with Crippen molar-refractivity contribution in [3.63, 3.8) is 0 Å². The first-order chi connectivity index (χ1) is 14.5. The molecule has 1 N–H and O–H groups in total. The van der Waals surface area contributed by atoms with Gasteiger partial charge in [0.2, 0.25) is 0 Å². The van der Waals surface area contributed by atoms with Crippen LogP contribution in [0.15, 0.2) is 78.5 Å². The summed E-state index contributed by atoms with van der Waals surface area (Å²) in [4.78, 5) is 27.6. The number of amides is 2. The lowest BCUT2D eigenvalue weighted by Gasteiger charge is -2.16. The zero-order valence-corrected chi connectivity index (χ0v) is 16.8. The molecule has 0 fully saturated rings. The van der Waals surface area contributed by atoms with E-state index in [1.807, 2.05) is 50.2 Å². The van der Waals surface area contributed by atoms with Gasteiger partial charge in [-0.15, -0.1) is 0 Å². The molecular weight excluding hydrogens is 379 g/mol. The summed E-state index contributed by atoms with van der Waals surface area (Å²) in [5, 5.41) is 3.17. The fourth-order valence-corrected chi connectivity index (χ4v) is 3.59. The Labute approximate surface area is 174 Å². The van der Waals surface area contributed by atoms with Gasteiger partial charge >= 0.3 is 0 Å². The van der Waals surface area contributed by atoms with Crippen molar-refractivity contribution in [2.24, 2.45) is 0 Å². The topological polar surface area (TPSA) is 49.4 Å². The van der Waals surface area contributed by atoms with Crippen LogP contribution in [0.2, 0.25) is 0 Å². The Morgan fingerprint density at radius 3 is 2.27 bits per heavy atom. The summed E-state index contributed by atoms with van der Waals surface area (Å²) < 4.78 is 14.2. The van der Waals surface area contributed by atoms with E-state index in [9.17, 15) is 14.0 Å². The van der Waals surface area contributed by atoms with Crippen LogP contribution in [0.5, 0.6) is 0 Å². The number of anilines is 1. The number of nitrogens with zero attached hydrogens (tertiary/aromatic N) is 1. The third kappa shape index (κ3) is 3.62. The van der Waals surface area contributed by atoms with Crippen LogP contribution in [0.3, 0.4) is 0 Å². The Balaban J connectivity index is 1.76. The molecule has 2 amide bonds. The van der Waals surface area contributed by atoms with Gasteiger partial charge in [-0.05, 0) is 37.1 Å². The summed E-state index contributed by atoms with van der Waals surface area (Å²) in [6.45, 7) is 3.81. The summed E-state index contributed by atoms with van der Waals surface area (Å²) in [6, 6.07) is 21.0. The van der Waals surface area contributed by atoms with E-state index in [1.54, 1.807) is 30.3 Å². The molecule has 1 aliphatic heterocycles. The van der Waals surface area contributed by atoms with Gasteiger partial charge in [0.05, 0.1) is 12.1 Å². The molecule has 0 atom stereocenters. The maximum atomic E-state index is 14.2. The minimum absolute atomic E-state index is 0.126. The summed E-state index contributed by atoms with van der Waals surface area (Å²) in [6.07, 6.45) is 0. The molecule has 150 valence electrons. The number of aryl methyl sites for hydroxylation is 2. The standard InChI is InChI=1S/C25H21FN2O2/c1-16-12-13-21(17(2)14-16)27-23-22(18-8-4-3-5-9-18)24(29)28(25(23)30)15-19-10-6-7-11-20(19)26/h3-14,27H,15H2,1-2H3. The maximum Gasteiger partial charge on any atom is 0.278 e. The highest BCUT2D eigenvalue weighted by atomic mass is 19.1. The normalized spacial score (nSPS) is 13.9. The zero-order valence-electron chi connectivity index (χ0n) is 16.8. The molecule has 1 aliphatic rings. The van der Waals surface area contributed by atoms with E-state index in [-0.39, 0.29) is 17.8 Å². The molecule has 0 aromatic heterocycles. The average Bonchev–Trinajstić information content (AvgIpc) is 2.96. The molecule has 0 saturated carbocycles. The number of carbonyl (C=O) groups excluding carboxylic acids is 2. The average molecular weight is 400 g/mol. The van der Waals surface area contributed by atoms with Crippen LogP contribution < -0.4 is 5.32 Å².